The van der Waals surface area contributed by atoms with Gasteiger partial charge < -0.3 is 9.64 Å². The number of rotatable bonds is 3. The van der Waals surface area contributed by atoms with Crippen molar-refractivity contribution in [2.24, 2.45) is 0 Å². The van der Waals surface area contributed by atoms with E-state index < -0.39 is 0 Å². The highest BCUT2D eigenvalue weighted by molar-refractivity contribution is 6.32. The smallest absolute Gasteiger partial charge is 0.260 e. The highest BCUT2D eigenvalue weighted by Crippen LogP contribution is 2.26. The van der Waals surface area contributed by atoms with Crippen molar-refractivity contribution in [3.05, 3.63) is 28.3 Å². The van der Waals surface area contributed by atoms with Crippen LogP contribution < -0.4 is 4.74 Å². The fraction of sp³-hybridized carbons (Fsp3) is 0.588. The minimum atomic E-state index is 0.0694. The van der Waals surface area contributed by atoms with Gasteiger partial charge in [0.2, 0.25) is 0 Å². The Hall–Kier alpha value is -1.22. The Kier molecular flexibility index (Phi) is 5.15. The summed E-state index contributed by atoms with van der Waals surface area (Å²) in [5.41, 5.74) is 1.94. The van der Waals surface area contributed by atoms with Crippen LogP contribution in [0.2, 0.25) is 5.02 Å². The highest BCUT2D eigenvalue weighted by atomic mass is 35.5. The molecule has 1 aliphatic rings. The molecule has 0 radical (unpaired) electrons. The summed E-state index contributed by atoms with van der Waals surface area (Å²) in [5, 5.41) is 0.756. The van der Waals surface area contributed by atoms with Gasteiger partial charge in [0, 0.05) is 17.1 Å². The van der Waals surface area contributed by atoms with Gasteiger partial charge in [-0.25, -0.2) is 0 Å². The molecule has 1 amide bonds. The van der Waals surface area contributed by atoms with Gasteiger partial charge in [0.05, 0.1) is 0 Å². The molecule has 0 spiro atoms. The van der Waals surface area contributed by atoms with Crippen LogP contribution in [0.4, 0.5) is 0 Å². The fourth-order valence-electron chi connectivity index (χ4n) is 3.12. The Morgan fingerprint density at radius 2 is 1.76 bits per heavy atom. The van der Waals surface area contributed by atoms with Crippen molar-refractivity contribution in [3.8, 4) is 5.75 Å². The molecule has 0 aromatic heterocycles. The minimum absolute atomic E-state index is 0.0694. The Balaban J connectivity index is 2.01. The topological polar surface area (TPSA) is 29.5 Å². The lowest BCUT2D eigenvalue weighted by Crippen LogP contribution is -2.49. The van der Waals surface area contributed by atoms with E-state index in [1.807, 2.05) is 30.9 Å². The number of carbonyl (C=O) groups excluding carboxylic acids is 1. The maximum atomic E-state index is 12.4. The van der Waals surface area contributed by atoms with Crippen LogP contribution in [0, 0.1) is 13.8 Å². The summed E-state index contributed by atoms with van der Waals surface area (Å²) in [6.07, 6.45) is 3.35. The Bertz CT molecular complexity index is 497. The molecule has 0 aliphatic carbocycles. The molecule has 3 nitrogen and oxygen atoms in total. The minimum Gasteiger partial charge on any atom is -0.484 e. The predicted molar refractivity (Wildman–Crippen MR) is 86.0 cm³/mol. The van der Waals surface area contributed by atoms with E-state index in [-0.39, 0.29) is 12.5 Å². The van der Waals surface area contributed by atoms with Gasteiger partial charge in [-0.15, -0.1) is 0 Å². The van der Waals surface area contributed by atoms with Crippen LogP contribution in [0.1, 0.15) is 44.2 Å². The van der Waals surface area contributed by atoms with Crippen molar-refractivity contribution < 1.29 is 9.53 Å². The van der Waals surface area contributed by atoms with Crippen molar-refractivity contribution in [2.45, 2.75) is 59.0 Å². The Morgan fingerprint density at radius 1 is 1.24 bits per heavy atom. The third-order valence-corrected chi connectivity index (χ3v) is 4.85. The van der Waals surface area contributed by atoms with E-state index in [1.54, 1.807) is 0 Å². The number of benzene rings is 1. The van der Waals surface area contributed by atoms with Gasteiger partial charge in [0.15, 0.2) is 6.61 Å². The molecule has 0 unspecified atom stereocenters. The standard InChI is InChI=1S/C17H24ClNO2/c1-11-8-15(9-12(2)17(11)18)21-10-16(20)19-13(3)6-5-7-14(19)4/h8-9,13-14H,5-7,10H2,1-4H3/t13-,14-/m0/s1. The maximum Gasteiger partial charge on any atom is 0.260 e. The molecule has 0 bridgehead atoms. The SMILES string of the molecule is Cc1cc(OCC(=O)N2[C@@H](C)CCC[C@@H]2C)cc(C)c1Cl. The molecular weight excluding hydrogens is 286 g/mol. The molecule has 2 atom stereocenters. The first kappa shape index (κ1) is 16.2. The van der Waals surface area contributed by atoms with Crippen LogP contribution in [0.5, 0.6) is 5.75 Å². The molecule has 0 N–H and O–H groups in total. The lowest BCUT2D eigenvalue weighted by Gasteiger charge is -2.39. The second-order valence-electron chi connectivity index (χ2n) is 6.09. The van der Waals surface area contributed by atoms with Crippen molar-refractivity contribution in [3.63, 3.8) is 0 Å². The van der Waals surface area contributed by atoms with E-state index in [4.69, 9.17) is 16.3 Å². The van der Waals surface area contributed by atoms with Gasteiger partial charge in [-0.05, 0) is 70.2 Å². The van der Waals surface area contributed by atoms with Gasteiger partial charge in [0.25, 0.3) is 5.91 Å². The number of halogens is 1. The van der Waals surface area contributed by atoms with Crippen LogP contribution in [-0.4, -0.2) is 29.5 Å². The first-order valence-corrected chi connectivity index (χ1v) is 7.98. The average molecular weight is 310 g/mol. The summed E-state index contributed by atoms with van der Waals surface area (Å²) in [6.45, 7) is 8.21. The van der Waals surface area contributed by atoms with E-state index in [0.717, 1.165) is 29.0 Å². The summed E-state index contributed by atoms with van der Waals surface area (Å²) < 4.78 is 5.68. The highest BCUT2D eigenvalue weighted by Gasteiger charge is 2.28. The van der Waals surface area contributed by atoms with Crippen molar-refractivity contribution in [2.75, 3.05) is 6.61 Å². The number of ether oxygens (including phenoxy) is 1. The van der Waals surface area contributed by atoms with Gasteiger partial charge >= 0.3 is 0 Å². The van der Waals surface area contributed by atoms with Crippen LogP contribution >= 0.6 is 11.6 Å². The quantitative estimate of drug-likeness (QED) is 0.840. The second-order valence-corrected chi connectivity index (χ2v) is 6.47. The van der Waals surface area contributed by atoms with Gasteiger partial charge in [-0.3, -0.25) is 4.79 Å². The van der Waals surface area contributed by atoms with E-state index in [1.165, 1.54) is 6.42 Å². The number of piperidine rings is 1. The zero-order valence-electron chi connectivity index (χ0n) is 13.3. The van der Waals surface area contributed by atoms with Crippen molar-refractivity contribution >= 4 is 17.5 Å². The molecule has 1 saturated heterocycles. The summed E-state index contributed by atoms with van der Waals surface area (Å²) >= 11 is 6.14. The third-order valence-electron chi connectivity index (χ3n) is 4.25. The fourth-order valence-corrected chi connectivity index (χ4v) is 3.23. The zero-order valence-corrected chi connectivity index (χ0v) is 14.0. The van der Waals surface area contributed by atoms with E-state index >= 15 is 0 Å². The van der Waals surface area contributed by atoms with Crippen LogP contribution in [-0.2, 0) is 4.79 Å². The first-order chi connectivity index (χ1) is 9.90. The van der Waals surface area contributed by atoms with E-state index in [0.29, 0.717) is 17.8 Å². The monoisotopic (exact) mass is 309 g/mol. The molecule has 1 aliphatic heterocycles. The summed E-state index contributed by atoms with van der Waals surface area (Å²) in [6, 6.07) is 4.37. The number of hydrogen-bond donors (Lipinski definition) is 0. The molecule has 21 heavy (non-hydrogen) atoms. The predicted octanol–water partition coefficient (Wildman–Crippen LogP) is 4.13. The first-order valence-electron chi connectivity index (χ1n) is 7.61. The third kappa shape index (κ3) is 3.70. The molecule has 4 heteroatoms. The largest absolute Gasteiger partial charge is 0.484 e. The number of carbonyl (C=O) groups is 1. The molecule has 2 rings (SSSR count). The molecule has 1 fully saturated rings. The second kappa shape index (κ2) is 6.69. The molecular formula is C17H24ClNO2. The number of likely N-dealkylation sites (tertiary alicyclic amines) is 1. The Labute approximate surface area is 132 Å². The Morgan fingerprint density at radius 3 is 2.29 bits per heavy atom. The number of hydrogen-bond acceptors (Lipinski definition) is 2. The summed E-state index contributed by atoms with van der Waals surface area (Å²) in [7, 11) is 0. The van der Waals surface area contributed by atoms with E-state index in [2.05, 4.69) is 13.8 Å². The van der Waals surface area contributed by atoms with Crippen LogP contribution in [0.3, 0.4) is 0 Å². The molecule has 1 heterocycles. The number of nitrogens with zero attached hydrogens (tertiary/aromatic N) is 1. The number of aryl methyl sites for hydroxylation is 2. The normalized spacial score (nSPS) is 22.2. The average Bonchev–Trinajstić information content (AvgIpc) is 2.42. The van der Waals surface area contributed by atoms with Crippen molar-refractivity contribution in [1.82, 2.24) is 4.90 Å². The molecule has 116 valence electrons. The van der Waals surface area contributed by atoms with E-state index in [9.17, 15) is 4.79 Å². The lowest BCUT2D eigenvalue weighted by molar-refractivity contribution is -0.139. The van der Waals surface area contributed by atoms with Gasteiger partial charge in [-0.2, -0.15) is 0 Å². The van der Waals surface area contributed by atoms with Gasteiger partial charge in [0.1, 0.15) is 5.75 Å². The van der Waals surface area contributed by atoms with Crippen LogP contribution in [0.25, 0.3) is 0 Å². The van der Waals surface area contributed by atoms with Crippen molar-refractivity contribution in [1.29, 1.82) is 0 Å². The molecule has 1 aromatic rings. The number of amides is 1. The lowest BCUT2D eigenvalue weighted by atomic mass is 9.97. The molecule has 1 aromatic carbocycles. The summed E-state index contributed by atoms with van der Waals surface area (Å²) in [4.78, 5) is 14.4. The molecule has 0 saturated carbocycles. The zero-order chi connectivity index (χ0) is 15.6. The summed E-state index contributed by atoms with van der Waals surface area (Å²) in [5.74, 6) is 0.778. The maximum absolute atomic E-state index is 12.4. The van der Waals surface area contributed by atoms with Gasteiger partial charge in [-0.1, -0.05) is 11.6 Å². The van der Waals surface area contributed by atoms with Crippen LogP contribution in [0.15, 0.2) is 12.1 Å².